The number of allylic oxidation sites excluding steroid dienone is 3. The molecule has 4 nitrogen and oxygen atoms in total. The first-order valence-corrected chi connectivity index (χ1v) is 8.88. The van der Waals surface area contributed by atoms with Crippen LogP contribution in [0.4, 0.5) is 5.82 Å². The predicted octanol–water partition coefficient (Wildman–Crippen LogP) is 4.11. The SMILES string of the molecule is CC1C=C(Nc2ccc(Cl)cn2)C=C(Cl)C(C2CNCCO2)=CC1. The fourth-order valence-electron chi connectivity index (χ4n) is 2.78. The van der Waals surface area contributed by atoms with Crippen molar-refractivity contribution in [3.05, 3.63) is 57.9 Å². The third kappa shape index (κ3) is 4.61. The number of rotatable bonds is 3. The largest absolute Gasteiger partial charge is 0.371 e. The lowest BCUT2D eigenvalue weighted by molar-refractivity contribution is 0.0534. The molecule has 0 bridgehead atoms. The van der Waals surface area contributed by atoms with Crippen molar-refractivity contribution in [3.8, 4) is 0 Å². The molecular formula is C18H21Cl2N3O. The molecule has 1 aromatic rings. The van der Waals surface area contributed by atoms with Gasteiger partial charge in [0, 0.05) is 30.0 Å². The Kier molecular flexibility index (Phi) is 5.95. The lowest BCUT2D eigenvalue weighted by atomic mass is 9.97. The molecule has 2 atom stereocenters. The highest BCUT2D eigenvalue weighted by atomic mass is 35.5. The summed E-state index contributed by atoms with van der Waals surface area (Å²) in [5, 5.41) is 7.97. The van der Waals surface area contributed by atoms with Crippen molar-refractivity contribution in [3.63, 3.8) is 0 Å². The van der Waals surface area contributed by atoms with Crippen LogP contribution in [-0.4, -0.2) is 30.8 Å². The van der Waals surface area contributed by atoms with E-state index >= 15 is 0 Å². The van der Waals surface area contributed by atoms with E-state index in [1.165, 1.54) is 0 Å². The molecule has 3 rings (SSSR count). The van der Waals surface area contributed by atoms with E-state index in [4.69, 9.17) is 27.9 Å². The highest BCUT2D eigenvalue weighted by molar-refractivity contribution is 6.32. The average molecular weight is 366 g/mol. The van der Waals surface area contributed by atoms with Gasteiger partial charge >= 0.3 is 0 Å². The van der Waals surface area contributed by atoms with Crippen molar-refractivity contribution in [1.82, 2.24) is 10.3 Å². The molecular weight excluding hydrogens is 345 g/mol. The Morgan fingerprint density at radius 3 is 2.92 bits per heavy atom. The van der Waals surface area contributed by atoms with Gasteiger partial charge in [-0.25, -0.2) is 4.98 Å². The first-order valence-electron chi connectivity index (χ1n) is 8.12. The first kappa shape index (κ1) is 17.5. The molecule has 1 saturated heterocycles. The van der Waals surface area contributed by atoms with Crippen LogP contribution in [0.1, 0.15) is 13.3 Å². The Bertz CT molecular complexity index is 661. The summed E-state index contributed by atoms with van der Waals surface area (Å²) in [6.07, 6.45) is 8.83. The molecule has 0 amide bonds. The summed E-state index contributed by atoms with van der Waals surface area (Å²) in [5.41, 5.74) is 1.98. The molecule has 128 valence electrons. The van der Waals surface area contributed by atoms with Crippen molar-refractivity contribution in [2.24, 2.45) is 5.92 Å². The smallest absolute Gasteiger partial charge is 0.130 e. The minimum atomic E-state index is 0.00251. The zero-order valence-corrected chi connectivity index (χ0v) is 15.1. The maximum Gasteiger partial charge on any atom is 0.130 e. The molecule has 2 N–H and O–H groups in total. The third-order valence-corrected chi connectivity index (χ3v) is 4.56. The fourth-order valence-corrected chi connectivity index (χ4v) is 3.21. The van der Waals surface area contributed by atoms with E-state index < -0.39 is 0 Å². The van der Waals surface area contributed by atoms with Crippen molar-refractivity contribution in [2.45, 2.75) is 19.4 Å². The summed E-state index contributed by atoms with van der Waals surface area (Å²) >= 11 is 12.5. The van der Waals surface area contributed by atoms with Crippen molar-refractivity contribution >= 4 is 29.0 Å². The van der Waals surface area contributed by atoms with Gasteiger partial charge < -0.3 is 15.4 Å². The summed E-state index contributed by atoms with van der Waals surface area (Å²) < 4.78 is 5.86. The number of morpholine rings is 1. The van der Waals surface area contributed by atoms with Gasteiger partial charge in [-0.3, -0.25) is 0 Å². The van der Waals surface area contributed by atoms with Gasteiger partial charge in [0.2, 0.25) is 0 Å². The van der Waals surface area contributed by atoms with Crippen LogP contribution in [0.2, 0.25) is 5.02 Å². The lowest BCUT2D eigenvalue weighted by Crippen LogP contribution is -2.39. The van der Waals surface area contributed by atoms with E-state index in [2.05, 4.69) is 34.7 Å². The van der Waals surface area contributed by atoms with E-state index in [-0.39, 0.29) is 6.10 Å². The first-order chi connectivity index (χ1) is 11.6. The van der Waals surface area contributed by atoms with Crippen LogP contribution in [0.3, 0.4) is 0 Å². The Labute approximate surface area is 152 Å². The van der Waals surface area contributed by atoms with Gasteiger partial charge in [0.1, 0.15) is 5.82 Å². The molecule has 6 heteroatoms. The molecule has 2 aliphatic rings. The quantitative estimate of drug-likeness (QED) is 0.845. The number of ether oxygens (including phenoxy) is 1. The molecule has 2 heterocycles. The predicted molar refractivity (Wildman–Crippen MR) is 99.4 cm³/mol. The Balaban J connectivity index is 1.81. The van der Waals surface area contributed by atoms with Crippen LogP contribution in [-0.2, 0) is 4.74 Å². The van der Waals surface area contributed by atoms with Crippen LogP contribution in [0, 0.1) is 5.92 Å². The van der Waals surface area contributed by atoms with Crippen molar-refractivity contribution in [1.29, 1.82) is 0 Å². The summed E-state index contributed by atoms with van der Waals surface area (Å²) in [6.45, 7) is 4.56. The topological polar surface area (TPSA) is 46.2 Å². The number of hydrogen-bond acceptors (Lipinski definition) is 4. The molecule has 1 aliphatic carbocycles. The summed E-state index contributed by atoms with van der Waals surface area (Å²) in [6, 6.07) is 3.65. The number of halogens is 2. The standard InChI is InChI=1S/C18H21Cl2N3O/c1-12-2-4-15(17-11-21-6-7-24-17)16(20)9-14(8-12)23-18-5-3-13(19)10-22-18/h3-5,8-10,12,17,21H,2,6-7,11H2,1H3,(H,22,23). The number of pyridine rings is 1. The van der Waals surface area contributed by atoms with Gasteiger partial charge in [-0.15, -0.1) is 0 Å². The molecule has 24 heavy (non-hydrogen) atoms. The Morgan fingerprint density at radius 2 is 2.21 bits per heavy atom. The van der Waals surface area contributed by atoms with Gasteiger partial charge in [-0.05, 0) is 36.1 Å². The van der Waals surface area contributed by atoms with Crippen LogP contribution in [0.5, 0.6) is 0 Å². The van der Waals surface area contributed by atoms with E-state index in [0.717, 1.165) is 36.6 Å². The van der Waals surface area contributed by atoms with Crippen LogP contribution >= 0.6 is 23.2 Å². The molecule has 1 aliphatic heterocycles. The van der Waals surface area contributed by atoms with Crippen LogP contribution < -0.4 is 10.6 Å². The maximum atomic E-state index is 6.59. The van der Waals surface area contributed by atoms with Crippen molar-refractivity contribution < 1.29 is 4.74 Å². The highest BCUT2D eigenvalue weighted by Gasteiger charge is 2.21. The number of hydrogen-bond donors (Lipinski definition) is 2. The van der Waals surface area contributed by atoms with Crippen LogP contribution in [0.15, 0.2) is 52.9 Å². The van der Waals surface area contributed by atoms with Gasteiger partial charge in [-0.1, -0.05) is 42.3 Å². The average Bonchev–Trinajstić information content (AvgIpc) is 2.57. The molecule has 0 spiro atoms. The van der Waals surface area contributed by atoms with E-state index in [1.54, 1.807) is 6.20 Å². The van der Waals surface area contributed by atoms with Gasteiger partial charge in [0.25, 0.3) is 0 Å². The van der Waals surface area contributed by atoms with Crippen molar-refractivity contribution in [2.75, 3.05) is 25.0 Å². The molecule has 1 fully saturated rings. The lowest BCUT2D eigenvalue weighted by Gasteiger charge is -2.27. The van der Waals surface area contributed by atoms with E-state index in [9.17, 15) is 0 Å². The van der Waals surface area contributed by atoms with Crippen LogP contribution in [0.25, 0.3) is 0 Å². The second kappa shape index (κ2) is 8.17. The molecule has 2 unspecified atom stereocenters. The third-order valence-electron chi connectivity index (χ3n) is 4.01. The molecule has 0 saturated carbocycles. The molecule has 0 aromatic carbocycles. The Morgan fingerprint density at radius 1 is 1.33 bits per heavy atom. The fraction of sp³-hybridized carbons (Fsp3) is 0.389. The normalized spacial score (nSPS) is 25.0. The number of anilines is 1. The zero-order valence-electron chi connectivity index (χ0n) is 13.6. The van der Waals surface area contributed by atoms with E-state index in [1.807, 2.05) is 18.2 Å². The molecule has 0 radical (unpaired) electrons. The number of nitrogens with one attached hydrogen (secondary N) is 2. The second-order valence-electron chi connectivity index (χ2n) is 6.04. The second-order valence-corrected chi connectivity index (χ2v) is 6.88. The Hall–Kier alpha value is -1.33. The monoisotopic (exact) mass is 365 g/mol. The number of aromatic nitrogens is 1. The summed E-state index contributed by atoms with van der Waals surface area (Å²) in [5.74, 6) is 1.12. The minimum Gasteiger partial charge on any atom is -0.371 e. The highest BCUT2D eigenvalue weighted by Crippen LogP contribution is 2.28. The van der Waals surface area contributed by atoms with Gasteiger partial charge in [-0.2, -0.15) is 0 Å². The van der Waals surface area contributed by atoms with Gasteiger partial charge in [0.05, 0.1) is 17.7 Å². The maximum absolute atomic E-state index is 6.59. The molecule has 1 aromatic heterocycles. The number of nitrogens with zero attached hydrogens (tertiary/aromatic N) is 1. The van der Waals surface area contributed by atoms with E-state index in [0.29, 0.717) is 22.6 Å². The van der Waals surface area contributed by atoms with Gasteiger partial charge in [0.15, 0.2) is 0 Å². The zero-order chi connectivity index (χ0) is 16.9. The summed E-state index contributed by atoms with van der Waals surface area (Å²) in [7, 11) is 0. The minimum absolute atomic E-state index is 0.00251. The summed E-state index contributed by atoms with van der Waals surface area (Å²) in [4.78, 5) is 4.28.